The van der Waals surface area contributed by atoms with Gasteiger partial charge in [-0.1, -0.05) is 41.1 Å². The Kier molecular flexibility index (Phi) is 2.96. The fourth-order valence-corrected chi connectivity index (χ4v) is 1.32. The zero-order valence-electron chi connectivity index (χ0n) is 9.00. The second-order valence-electron chi connectivity index (χ2n) is 3.51. The fourth-order valence-electron chi connectivity index (χ4n) is 1.32. The summed E-state index contributed by atoms with van der Waals surface area (Å²) in [5.74, 6) is -0.0312. The monoisotopic (exact) mass is 212 g/mol. The van der Waals surface area contributed by atoms with Crippen molar-refractivity contribution in [1.82, 2.24) is 4.98 Å². The van der Waals surface area contributed by atoms with Crippen molar-refractivity contribution in [2.75, 3.05) is 0 Å². The summed E-state index contributed by atoms with van der Waals surface area (Å²) in [5.41, 5.74) is 1.60. The minimum Gasteiger partial charge on any atom is -0.870 e. The van der Waals surface area contributed by atoms with E-state index in [2.05, 4.69) is 4.98 Å². The molecule has 0 N–H and O–H groups in total. The number of aromatic nitrogens is 2. The minimum atomic E-state index is -0.0312. The molecule has 1 aromatic carbocycles. The minimum absolute atomic E-state index is 0.0312. The molecule has 0 aliphatic carbocycles. The van der Waals surface area contributed by atoms with Crippen molar-refractivity contribution in [2.45, 2.75) is 6.92 Å². The van der Waals surface area contributed by atoms with E-state index in [0.717, 1.165) is 5.69 Å². The van der Waals surface area contributed by atoms with Gasteiger partial charge in [-0.15, -0.1) is 0 Å². The van der Waals surface area contributed by atoms with Crippen molar-refractivity contribution in [2.24, 2.45) is 0 Å². The molecule has 0 amide bonds. The van der Waals surface area contributed by atoms with Crippen LogP contribution in [-0.4, -0.2) is 4.98 Å². The SMILES string of the molecule is Cc1cc[n+](/C=C(/[O-])c2ccccc2)cn1. The lowest BCUT2D eigenvalue weighted by Crippen LogP contribution is -2.27. The summed E-state index contributed by atoms with van der Waals surface area (Å²) in [6.07, 6.45) is 4.95. The molecule has 0 aliphatic rings. The molecule has 0 unspecified atom stereocenters. The van der Waals surface area contributed by atoms with Crippen LogP contribution in [0, 0.1) is 6.92 Å². The van der Waals surface area contributed by atoms with Crippen molar-refractivity contribution < 1.29 is 9.67 Å². The van der Waals surface area contributed by atoms with Crippen molar-refractivity contribution in [3.8, 4) is 0 Å². The lowest BCUT2D eigenvalue weighted by molar-refractivity contribution is -0.573. The first-order valence-electron chi connectivity index (χ1n) is 5.03. The van der Waals surface area contributed by atoms with Crippen molar-refractivity contribution in [3.63, 3.8) is 0 Å². The Morgan fingerprint density at radius 1 is 1.25 bits per heavy atom. The van der Waals surface area contributed by atoms with E-state index >= 15 is 0 Å². The molecule has 0 saturated heterocycles. The molecule has 3 nitrogen and oxygen atoms in total. The average molecular weight is 212 g/mol. The number of hydrogen-bond acceptors (Lipinski definition) is 2. The van der Waals surface area contributed by atoms with Gasteiger partial charge in [0, 0.05) is 13.0 Å². The number of rotatable bonds is 2. The van der Waals surface area contributed by atoms with Crippen LogP contribution in [0.3, 0.4) is 0 Å². The molecule has 0 aliphatic heterocycles. The molecule has 16 heavy (non-hydrogen) atoms. The van der Waals surface area contributed by atoms with Crippen LogP contribution >= 0.6 is 0 Å². The van der Waals surface area contributed by atoms with Gasteiger partial charge in [0.1, 0.15) is 0 Å². The first kappa shape index (κ1) is 10.4. The molecule has 0 spiro atoms. The van der Waals surface area contributed by atoms with E-state index in [1.807, 2.05) is 37.4 Å². The third-order valence-corrected chi connectivity index (χ3v) is 2.21. The maximum atomic E-state index is 11.8. The molecule has 0 atom stereocenters. The summed E-state index contributed by atoms with van der Waals surface area (Å²) in [4.78, 5) is 4.11. The topological polar surface area (TPSA) is 39.8 Å². The molecular formula is C13H12N2O. The van der Waals surface area contributed by atoms with Gasteiger partial charge in [0.25, 0.3) is 6.33 Å². The van der Waals surface area contributed by atoms with E-state index in [9.17, 15) is 5.11 Å². The standard InChI is InChI=1S/C13H12N2O/c1-11-7-8-15(10-14-11)9-13(16)12-5-3-2-4-6-12/h2-10H,1H3/b13-9+. The Bertz CT molecular complexity index is 489. The Morgan fingerprint density at radius 2 is 2.00 bits per heavy atom. The van der Waals surface area contributed by atoms with E-state index < -0.39 is 0 Å². The van der Waals surface area contributed by atoms with Gasteiger partial charge in [0.15, 0.2) is 5.69 Å². The van der Waals surface area contributed by atoms with Gasteiger partial charge in [-0.2, -0.15) is 0 Å². The zero-order chi connectivity index (χ0) is 11.4. The molecule has 0 radical (unpaired) electrons. The predicted molar refractivity (Wildman–Crippen MR) is 59.8 cm³/mol. The smallest absolute Gasteiger partial charge is 0.290 e. The summed E-state index contributed by atoms with van der Waals surface area (Å²) < 4.78 is 1.66. The van der Waals surface area contributed by atoms with Crippen LogP contribution in [0.2, 0.25) is 0 Å². The average Bonchev–Trinajstić information content (AvgIpc) is 2.33. The van der Waals surface area contributed by atoms with E-state index in [1.54, 1.807) is 23.0 Å². The zero-order valence-corrected chi connectivity index (χ0v) is 9.00. The molecule has 3 heteroatoms. The number of aryl methyl sites for hydroxylation is 1. The van der Waals surface area contributed by atoms with Gasteiger partial charge in [0.05, 0.1) is 12.4 Å². The third-order valence-electron chi connectivity index (χ3n) is 2.21. The van der Waals surface area contributed by atoms with Crippen LogP contribution < -0.4 is 9.67 Å². The highest BCUT2D eigenvalue weighted by Gasteiger charge is 1.96. The van der Waals surface area contributed by atoms with Gasteiger partial charge in [0.2, 0.25) is 0 Å². The highest BCUT2D eigenvalue weighted by atomic mass is 16.3. The lowest BCUT2D eigenvalue weighted by Gasteiger charge is -2.09. The Balaban J connectivity index is 2.28. The van der Waals surface area contributed by atoms with Crippen LogP contribution in [0.25, 0.3) is 12.0 Å². The Labute approximate surface area is 94.3 Å². The summed E-state index contributed by atoms with van der Waals surface area (Å²) in [7, 11) is 0. The van der Waals surface area contributed by atoms with Crippen LogP contribution in [0.1, 0.15) is 11.3 Å². The molecule has 2 aromatic rings. The first-order valence-corrected chi connectivity index (χ1v) is 5.03. The van der Waals surface area contributed by atoms with Gasteiger partial charge >= 0.3 is 0 Å². The van der Waals surface area contributed by atoms with Gasteiger partial charge in [-0.3, -0.25) is 0 Å². The molecule has 1 heterocycles. The van der Waals surface area contributed by atoms with Crippen LogP contribution in [0.5, 0.6) is 0 Å². The predicted octanol–water partition coefficient (Wildman–Crippen LogP) is 0.993. The fraction of sp³-hybridized carbons (Fsp3) is 0.0769. The molecule has 80 valence electrons. The summed E-state index contributed by atoms with van der Waals surface area (Å²) in [6, 6.07) is 11.0. The second kappa shape index (κ2) is 4.57. The molecular weight excluding hydrogens is 200 g/mol. The van der Waals surface area contributed by atoms with Gasteiger partial charge in [-0.05, 0) is 5.56 Å². The van der Waals surface area contributed by atoms with E-state index in [4.69, 9.17) is 0 Å². The Hall–Kier alpha value is -2.16. The molecule has 1 aromatic heterocycles. The first-order chi connectivity index (χ1) is 7.75. The van der Waals surface area contributed by atoms with Gasteiger partial charge in [-0.25, -0.2) is 4.57 Å². The summed E-state index contributed by atoms with van der Waals surface area (Å²) >= 11 is 0. The van der Waals surface area contributed by atoms with Crippen molar-refractivity contribution in [3.05, 3.63) is 60.2 Å². The third kappa shape index (κ3) is 2.45. The van der Waals surface area contributed by atoms with Crippen molar-refractivity contribution in [1.29, 1.82) is 0 Å². The Morgan fingerprint density at radius 3 is 2.62 bits per heavy atom. The highest BCUT2D eigenvalue weighted by molar-refractivity contribution is 5.64. The number of hydrogen-bond donors (Lipinski definition) is 0. The van der Waals surface area contributed by atoms with Crippen LogP contribution in [0.15, 0.2) is 48.9 Å². The second-order valence-corrected chi connectivity index (χ2v) is 3.51. The maximum absolute atomic E-state index is 11.8. The van der Waals surface area contributed by atoms with E-state index in [-0.39, 0.29) is 5.76 Å². The van der Waals surface area contributed by atoms with Crippen molar-refractivity contribution >= 4 is 12.0 Å². The van der Waals surface area contributed by atoms with Crippen LogP contribution in [-0.2, 0) is 0 Å². The molecule has 0 fully saturated rings. The quantitative estimate of drug-likeness (QED) is 0.550. The summed E-state index contributed by atoms with van der Waals surface area (Å²) in [5, 5.41) is 11.8. The molecule has 2 rings (SSSR count). The lowest BCUT2D eigenvalue weighted by atomic mass is 10.2. The van der Waals surface area contributed by atoms with Gasteiger partial charge < -0.3 is 5.11 Å². The molecule has 0 bridgehead atoms. The number of nitrogens with zero attached hydrogens (tertiary/aromatic N) is 2. The van der Waals surface area contributed by atoms with E-state index in [1.165, 1.54) is 6.20 Å². The van der Waals surface area contributed by atoms with E-state index in [0.29, 0.717) is 5.56 Å². The number of benzene rings is 1. The highest BCUT2D eigenvalue weighted by Crippen LogP contribution is 2.06. The van der Waals surface area contributed by atoms with Crippen LogP contribution in [0.4, 0.5) is 0 Å². The normalized spacial score (nSPS) is 11.4. The maximum Gasteiger partial charge on any atom is 0.290 e. The molecule has 0 saturated carbocycles. The largest absolute Gasteiger partial charge is 0.870 e. The summed E-state index contributed by atoms with van der Waals surface area (Å²) in [6.45, 7) is 1.91.